The summed E-state index contributed by atoms with van der Waals surface area (Å²) in [6.07, 6.45) is 3.63. The molecule has 1 saturated heterocycles. The maximum atomic E-state index is 12.4. The highest BCUT2D eigenvalue weighted by Crippen LogP contribution is 2.31. The van der Waals surface area contributed by atoms with Crippen LogP contribution >= 0.6 is 11.8 Å². The summed E-state index contributed by atoms with van der Waals surface area (Å²) in [5.74, 6) is 0.103. The van der Waals surface area contributed by atoms with E-state index in [4.69, 9.17) is 10.5 Å². The van der Waals surface area contributed by atoms with Gasteiger partial charge in [-0.15, -0.1) is 0 Å². The van der Waals surface area contributed by atoms with E-state index in [0.29, 0.717) is 15.8 Å². The largest absolute Gasteiger partial charge is 0.497 e. The highest BCUT2D eigenvalue weighted by atomic mass is 32.2. The molecule has 0 unspecified atom stereocenters. The van der Waals surface area contributed by atoms with Gasteiger partial charge in [-0.3, -0.25) is 9.59 Å². The van der Waals surface area contributed by atoms with Crippen LogP contribution in [0.1, 0.15) is 5.56 Å². The molecule has 0 radical (unpaired) electrons. The number of aromatic nitrogens is 1. The van der Waals surface area contributed by atoms with E-state index in [9.17, 15) is 9.59 Å². The van der Waals surface area contributed by atoms with E-state index in [1.807, 2.05) is 54.7 Å². The lowest BCUT2D eigenvalue weighted by Crippen LogP contribution is -2.19. The molecule has 1 aliphatic heterocycles. The number of aliphatic imine (C=N–C) groups is 1. The Morgan fingerprint density at radius 3 is 2.72 bits per heavy atom. The Morgan fingerprint density at radius 1 is 1.24 bits per heavy atom. The van der Waals surface area contributed by atoms with E-state index in [0.717, 1.165) is 22.2 Å². The summed E-state index contributed by atoms with van der Waals surface area (Å²) in [5, 5.41) is 4.23. The van der Waals surface area contributed by atoms with E-state index in [-0.39, 0.29) is 12.5 Å². The Balaban J connectivity index is 1.64. The van der Waals surface area contributed by atoms with Crippen LogP contribution in [0.2, 0.25) is 0 Å². The molecule has 8 heteroatoms. The van der Waals surface area contributed by atoms with Crippen LogP contribution in [0.3, 0.4) is 0 Å². The normalized spacial score (nSPS) is 16.5. The molecule has 2 heterocycles. The summed E-state index contributed by atoms with van der Waals surface area (Å²) < 4.78 is 6.92. The van der Waals surface area contributed by atoms with E-state index < -0.39 is 5.91 Å². The number of benzene rings is 2. The van der Waals surface area contributed by atoms with Crippen molar-refractivity contribution in [3.8, 4) is 5.75 Å². The second-order valence-corrected chi connectivity index (χ2v) is 7.41. The van der Waals surface area contributed by atoms with Crippen molar-refractivity contribution in [2.24, 2.45) is 10.7 Å². The van der Waals surface area contributed by atoms with Crippen LogP contribution in [0.4, 0.5) is 5.69 Å². The summed E-state index contributed by atoms with van der Waals surface area (Å²) in [6.45, 7) is 0.0766. The van der Waals surface area contributed by atoms with Gasteiger partial charge in [0.2, 0.25) is 5.91 Å². The summed E-state index contributed by atoms with van der Waals surface area (Å²) in [5.41, 5.74) is 7.79. The van der Waals surface area contributed by atoms with Crippen LogP contribution < -0.4 is 15.8 Å². The van der Waals surface area contributed by atoms with Crippen molar-refractivity contribution in [1.29, 1.82) is 0 Å². The van der Waals surface area contributed by atoms with Gasteiger partial charge in [0.1, 0.15) is 12.3 Å². The van der Waals surface area contributed by atoms with Gasteiger partial charge in [0, 0.05) is 22.7 Å². The molecule has 146 valence electrons. The molecule has 1 fully saturated rings. The molecule has 3 aromatic rings. The molecule has 0 saturated carbocycles. The number of nitrogens with zero attached hydrogens (tertiary/aromatic N) is 2. The maximum Gasteiger partial charge on any atom is 0.264 e. The number of carbonyl (C=O) groups excluding carboxylic acids is 2. The van der Waals surface area contributed by atoms with Gasteiger partial charge in [0.25, 0.3) is 5.91 Å². The number of amidine groups is 1. The Kier molecular flexibility index (Phi) is 5.09. The number of amides is 2. The fourth-order valence-corrected chi connectivity index (χ4v) is 3.92. The summed E-state index contributed by atoms with van der Waals surface area (Å²) in [6, 6.07) is 14.9. The van der Waals surface area contributed by atoms with Crippen LogP contribution in [-0.2, 0) is 16.1 Å². The number of nitrogens with one attached hydrogen (secondary N) is 1. The minimum Gasteiger partial charge on any atom is -0.497 e. The molecule has 2 aromatic carbocycles. The molecule has 3 N–H and O–H groups in total. The fourth-order valence-electron chi connectivity index (χ4n) is 3.08. The Bertz CT molecular complexity index is 1160. The second kappa shape index (κ2) is 7.84. The van der Waals surface area contributed by atoms with Crippen molar-refractivity contribution < 1.29 is 14.3 Å². The smallest absolute Gasteiger partial charge is 0.264 e. The maximum absolute atomic E-state index is 12.4. The molecule has 0 bridgehead atoms. The average Bonchev–Trinajstić information content (AvgIpc) is 3.22. The molecule has 1 aliphatic rings. The molecule has 7 nitrogen and oxygen atoms in total. The first-order chi connectivity index (χ1) is 14.0. The van der Waals surface area contributed by atoms with Crippen molar-refractivity contribution >= 4 is 51.4 Å². The van der Waals surface area contributed by atoms with Crippen molar-refractivity contribution in [2.45, 2.75) is 6.54 Å². The van der Waals surface area contributed by atoms with Gasteiger partial charge in [0.15, 0.2) is 5.17 Å². The van der Waals surface area contributed by atoms with Gasteiger partial charge in [-0.2, -0.15) is 0 Å². The van der Waals surface area contributed by atoms with Crippen molar-refractivity contribution in [2.75, 3.05) is 7.11 Å². The van der Waals surface area contributed by atoms with Crippen LogP contribution in [-0.4, -0.2) is 28.7 Å². The molecular formula is C21H18N4O3S. The van der Waals surface area contributed by atoms with Crippen LogP contribution in [0, 0.1) is 0 Å². The number of nitrogens with two attached hydrogens (primary N) is 1. The quantitative estimate of drug-likeness (QED) is 0.636. The number of rotatable bonds is 5. The molecule has 1 aromatic heterocycles. The Labute approximate surface area is 171 Å². The number of primary amides is 1. The molecule has 4 rings (SSSR count). The topological polar surface area (TPSA) is 98.7 Å². The van der Waals surface area contributed by atoms with Gasteiger partial charge in [-0.1, -0.05) is 18.2 Å². The predicted molar refractivity (Wildman–Crippen MR) is 115 cm³/mol. The Hall–Kier alpha value is -3.52. The zero-order chi connectivity index (χ0) is 20.4. The monoisotopic (exact) mass is 406 g/mol. The van der Waals surface area contributed by atoms with Crippen LogP contribution in [0.15, 0.2) is 64.6 Å². The Morgan fingerprint density at radius 2 is 2.00 bits per heavy atom. The van der Waals surface area contributed by atoms with Gasteiger partial charge >= 0.3 is 0 Å². The van der Waals surface area contributed by atoms with E-state index in [1.165, 1.54) is 11.8 Å². The average molecular weight is 406 g/mol. The third kappa shape index (κ3) is 4.02. The third-order valence-corrected chi connectivity index (χ3v) is 5.30. The van der Waals surface area contributed by atoms with E-state index in [2.05, 4.69) is 10.3 Å². The summed E-state index contributed by atoms with van der Waals surface area (Å²) in [4.78, 5) is 28.8. The van der Waals surface area contributed by atoms with E-state index in [1.54, 1.807) is 17.8 Å². The molecule has 0 aliphatic carbocycles. The molecule has 0 atom stereocenters. The number of ether oxygens (including phenoxy) is 1. The number of hydrogen-bond donors (Lipinski definition) is 2. The molecular weight excluding hydrogens is 388 g/mol. The number of para-hydroxylation sites is 1. The standard InChI is InChI=1S/C21H18N4O3S/c1-28-15-8-6-14(7-9-15)23-21-24-20(27)18(29-21)10-13-11-25(12-19(22)26)17-5-3-2-4-16(13)17/h2-11H,12H2,1H3,(H2,22,26)(H,23,24,27). The van der Waals surface area contributed by atoms with E-state index >= 15 is 0 Å². The zero-order valence-electron chi connectivity index (χ0n) is 15.6. The number of fused-ring (bicyclic) bond motifs is 1. The fraction of sp³-hybridized carbons (Fsp3) is 0.0952. The number of carbonyl (C=O) groups is 2. The number of thioether (sulfide) groups is 1. The minimum atomic E-state index is -0.424. The lowest BCUT2D eigenvalue weighted by molar-refractivity contribution is -0.118. The first kappa shape index (κ1) is 18.8. The van der Waals surface area contributed by atoms with Crippen LogP contribution in [0.25, 0.3) is 17.0 Å². The first-order valence-corrected chi connectivity index (χ1v) is 9.65. The minimum absolute atomic E-state index is 0.0766. The molecule has 2 amide bonds. The summed E-state index contributed by atoms with van der Waals surface area (Å²) in [7, 11) is 1.60. The van der Waals surface area contributed by atoms with Crippen LogP contribution in [0.5, 0.6) is 5.75 Å². The highest BCUT2D eigenvalue weighted by Gasteiger charge is 2.24. The highest BCUT2D eigenvalue weighted by molar-refractivity contribution is 8.18. The zero-order valence-corrected chi connectivity index (χ0v) is 16.4. The van der Waals surface area contributed by atoms with Gasteiger partial charge in [-0.05, 0) is 48.2 Å². The molecule has 0 spiro atoms. The van der Waals surface area contributed by atoms with Gasteiger partial charge in [-0.25, -0.2) is 4.99 Å². The second-order valence-electron chi connectivity index (χ2n) is 6.38. The third-order valence-electron chi connectivity index (χ3n) is 4.39. The SMILES string of the molecule is COc1ccc(N=C2NC(=O)C(=Cc3cn(CC(N)=O)c4ccccc34)S2)cc1. The van der Waals surface area contributed by atoms with Gasteiger partial charge in [0.05, 0.1) is 17.7 Å². The summed E-state index contributed by atoms with van der Waals surface area (Å²) >= 11 is 1.27. The number of methoxy groups -OCH3 is 1. The lowest BCUT2D eigenvalue weighted by Gasteiger charge is -2.00. The molecule has 29 heavy (non-hydrogen) atoms. The predicted octanol–water partition coefficient (Wildman–Crippen LogP) is 3.03. The van der Waals surface area contributed by atoms with Crippen molar-refractivity contribution in [1.82, 2.24) is 9.88 Å². The van der Waals surface area contributed by atoms with Crippen molar-refractivity contribution in [3.05, 3.63) is 65.2 Å². The number of hydrogen-bond acceptors (Lipinski definition) is 5. The lowest BCUT2D eigenvalue weighted by atomic mass is 10.1. The van der Waals surface area contributed by atoms with Gasteiger partial charge < -0.3 is 20.4 Å². The van der Waals surface area contributed by atoms with Crippen molar-refractivity contribution in [3.63, 3.8) is 0 Å². The first-order valence-electron chi connectivity index (χ1n) is 8.83.